The Kier molecular flexibility index (Phi) is 4.11. The topological polar surface area (TPSA) is 25.8 Å². The summed E-state index contributed by atoms with van der Waals surface area (Å²) in [5.41, 5.74) is 3.01. The van der Waals surface area contributed by atoms with Gasteiger partial charge in [0.1, 0.15) is 0 Å². The van der Waals surface area contributed by atoms with Gasteiger partial charge in [0.15, 0.2) is 0 Å². The number of hydrogen-bond donors (Lipinski definition) is 0. The van der Waals surface area contributed by atoms with Crippen LogP contribution >= 0.6 is 15.9 Å². The Balaban J connectivity index is 2.14. The van der Waals surface area contributed by atoms with Crippen molar-refractivity contribution >= 4 is 27.0 Å². The molecule has 0 aliphatic carbocycles. The van der Waals surface area contributed by atoms with Crippen molar-refractivity contribution in [2.45, 2.75) is 31.5 Å². The van der Waals surface area contributed by atoms with E-state index < -0.39 is 0 Å². The number of para-hydroxylation sites is 2. The van der Waals surface area contributed by atoms with Crippen LogP contribution in [0.1, 0.15) is 26.0 Å². The minimum Gasteiger partial charge on any atom is -0.253 e. The van der Waals surface area contributed by atoms with E-state index in [0.717, 1.165) is 29.6 Å². The van der Waals surface area contributed by atoms with Crippen LogP contribution in [0.4, 0.5) is 0 Å². The van der Waals surface area contributed by atoms with Crippen molar-refractivity contribution in [1.82, 2.24) is 9.97 Å². The Morgan fingerprint density at radius 3 is 2.59 bits per heavy atom. The van der Waals surface area contributed by atoms with E-state index in [-0.39, 0.29) is 0 Å². The fourth-order valence-electron chi connectivity index (χ4n) is 1.92. The van der Waals surface area contributed by atoms with Crippen molar-refractivity contribution in [2.24, 2.45) is 5.92 Å². The molecule has 90 valence electrons. The summed E-state index contributed by atoms with van der Waals surface area (Å²) < 4.78 is 0. The van der Waals surface area contributed by atoms with Gasteiger partial charge in [-0.05, 0) is 24.5 Å². The monoisotopic (exact) mass is 292 g/mol. The molecule has 0 aliphatic rings. The van der Waals surface area contributed by atoms with Crippen molar-refractivity contribution in [3.8, 4) is 0 Å². The second-order valence-corrected chi connectivity index (χ2v) is 6.08. The Labute approximate surface area is 111 Å². The lowest BCUT2D eigenvalue weighted by molar-refractivity contribution is 0.568. The molecular formula is C14H17BrN2. The zero-order chi connectivity index (χ0) is 12.3. The third-order valence-electron chi connectivity index (χ3n) is 2.66. The van der Waals surface area contributed by atoms with Crippen LogP contribution in [-0.2, 0) is 6.42 Å². The second kappa shape index (κ2) is 5.58. The molecule has 0 fully saturated rings. The number of hydrogen-bond acceptors (Lipinski definition) is 2. The standard InChI is InChI=1S/C14H17BrN2/c1-10(2)7-11(15)8-12-9-16-13-5-3-4-6-14(13)17-12/h3-6,9-11H,7-8H2,1-2H3. The minimum atomic E-state index is 0.484. The van der Waals surface area contributed by atoms with Gasteiger partial charge in [-0.25, -0.2) is 4.98 Å². The van der Waals surface area contributed by atoms with Crippen LogP contribution in [0.15, 0.2) is 30.5 Å². The molecule has 0 bridgehead atoms. The average molecular weight is 293 g/mol. The molecule has 0 saturated heterocycles. The molecule has 1 unspecified atom stereocenters. The summed E-state index contributed by atoms with van der Waals surface area (Å²) in [5, 5.41) is 0. The van der Waals surface area contributed by atoms with Crippen LogP contribution < -0.4 is 0 Å². The molecule has 2 rings (SSSR count). The first-order valence-corrected chi connectivity index (χ1v) is 6.91. The van der Waals surface area contributed by atoms with Crippen molar-refractivity contribution in [3.63, 3.8) is 0 Å². The van der Waals surface area contributed by atoms with E-state index in [1.807, 2.05) is 30.5 Å². The molecule has 17 heavy (non-hydrogen) atoms. The average Bonchev–Trinajstić information content (AvgIpc) is 2.27. The summed E-state index contributed by atoms with van der Waals surface area (Å²) in [4.78, 5) is 9.54. The number of aromatic nitrogens is 2. The molecule has 0 radical (unpaired) electrons. The molecule has 1 atom stereocenters. The van der Waals surface area contributed by atoms with Crippen molar-refractivity contribution in [1.29, 1.82) is 0 Å². The molecule has 1 heterocycles. The van der Waals surface area contributed by atoms with Crippen LogP contribution in [0.3, 0.4) is 0 Å². The van der Waals surface area contributed by atoms with Gasteiger partial charge in [-0.3, -0.25) is 4.98 Å². The van der Waals surface area contributed by atoms with Crippen LogP contribution in [0.2, 0.25) is 0 Å². The number of nitrogens with zero attached hydrogens (tertiary/aromatic N) is 2. The summed E-state index contributed by atoms with van der Waals surface area (Å²) in [6.45, 7) is 4.47. The van der Waals surface area contributed by atoms with E-state index >= 15 is 0 Å². The van der Waals surface area contributed by atoms with Gasteiger partial charge < -0.3 is 0 Å². The first-order chi connectivity index (χ1) is 8.15. The molecule has 1 aromatic heterocycles. The Bertz CT molecular complexity index is 496. The molecule has 0 spiro atoms. The normalized spacial score (nSPS) is 13.2. The fourth-order valence-corrected chi connectivity index (χ4v) is 2.99. The van der Waals surface area contributed by atoms with Crippen LogP contribution in [0.25, 0.3) is 11.0 Å². The van der Waals surface area contributed by atoms with Crippen molar-refractivity contribution in [2.75, 3.05) is 0 Å². The fraction of sp³-hybridized carbons (Fsp3) is 0.429. The van der Waals surface area contributed by atoms with E-state index in [1.54, 1.807) is 0 Å². The summed E-state index contributed by atoms with van der Waals surface area (Å²) in [7, 11) is 0. The van der Waals surface area contributed by atoms with Gasteiger partial charge >= 0.3 is 0 Å². The SMILES string of the molecule is CC(C)CC(Br)Cc1cnc2ccccc2n1. The van der Waals surface area contributed by atoms with Gasteiger partial charge in [0.2, 0.25) is 0 Å². The minimum absolute atomic E-state index is 0.484. The van der Waals surface area contributed by atoms with E-state index in [2.05, 4.69) is 39.7 Å². The number of halogens is 1. The highest BCUT2D eigenvalue weighted by molar-refractivity contribution is 9.09. The summed E-state index contributed by atoms with van der Waals surface area (Å²) in [6, 6.07) is 7.99. The van der Waals surface area contributed by atoms with Gasteiger partial charge in [-0.1, -0.05) is 41.9 Å². The highest BCUT2D eigenvalue weighted by atomic mass is 79.9. The number of rotatable bonds is 4. The lowest BCUT2D eigenvalue weighted by Crippen LogP contribution is -2.08. The highest BCUT2D eigenvalue weighted by Crippen LogP contribution is 2.18. The van der Waals surface area contributed by atoms with Gasteiger partial charge in [0.05, 0.1) is 16.7 Å². The molecule has 2 aromatic rings. The van der Waals surface area contributed by atoms with E-state index in [0.29, 0.717) is 10.7 Å². The van der Waals surface area contributed by atoms with Crippen LogP contribution in [0, 0.1) is 5.92 Å². The molecule has 1 aromatic carbocycles. The first kappa shape index (κ1) is 12.5. The number of alkyl halides is 1. The lowest BCUT2D eigenvalue weighted by atomic mass is 10.1. The quantitative estimate of drug-likeness (QED) is 0.797. The molecule has 0 aliphatic heterocycles. The Morgan fingerprint density at radius 2 is 1.88 bits per heavy atom. The highest BCUT2D eigenvalue weighted by Gasteiger charge is 2.09. The van der Waals surface area contributed by atoms with Gasteiger partial charge in [0, 0.05) is 17.4 Å². The third kappa shape index (κ3) is 3.50. The molecule has 0 amide bonds. The molecule has 0 N–H and O–H groups in total. The largest absolute Gasteiger partial charge is 0.253 e. The summed E-state index contributed by atoms with van der Waals surface area (Å²) in [5.74, 6) is 0.702. The third-order valence-corrected chi connectivity index (χ3v) is 3.35. The maximum Gasteiger partial charge on any atom is 0.0890 e. The maximum absolute atomic E-state index is 4.63. The summed E-state index contributed by atoms with van der Waals surface area (Å²) in [6.07, 6.45) is 3.99. The number of fused-ring (bicyclic) bond motifs is 1. The predicted molar refractivity (Wildman–Crippen MR) is 75.4 cm³/mol. The van der Waals surface area contributed by atoms with Gasteiger partial charge in [0.25, 0.3) is 0 Å². The number of benzene rings is 1. The van der Waals surface area contributed by atoms with Gasteiger partial charge in [-0.15, -0.1) is 0 Å². The van der Waals surface area contributed by atoms with E-state index in [4.69, 9.17) is 0 Å². The molecule has 2 nitrogen and oxygen atoms in total. The maximum atomic E-state index is 4.63. The zero-order valence-electron chi connectivity index (χ0n) is 10.2. The predicted octanol–water partition coefficient (Wildman–Crippen LogP) is 3.98. The van der Waals surface area contributed by atoms with E-state index in [9.17, 15) is 0 Å². The van der Waals surface area contributed by atoms with E-state index in [1.165, 1.54) is 0 Å². The van der Waals surface area contributed by atoms with Crippen LogP contribution in [0.5, 0.6) is 0 Å². The zero-order valence-corrected chi connectivity index (χ0v) is 11.8. The van der Waals surface area contributed by atoms with Gasteiger partial charge in [-0.2, -0.15) is 0 Å². The Hall–Kier alpha value is -0.960. The molecular weight excluding hydrogens is 276 g/mol. The Morgan fingerprint density at radius 1 is 1.18 bits per heavy atom. The second-order valence-electron chi connectivity index (χ2n) is 4.78. The van der Waals surface area contributed by atoms with Crippen molar-refractivity contribution in [3.05, 3.63) is 36.2 Å². The molecule has 0 saturated carbocycles. The summed E-state index contributed by atoms with van der Waals surface area (Å²) >= 11 is 3.71. The smallest absolute Gasteiger partial charge is 0.0890 e. The van der Waals surface area contributed by atoms with Crippen molar-refractivity contribution < 1.29 is 0 Å². The molecule has 3 heteroatoms. The lowest BCUT2D eigenvalue weighted by Gasteiger charge is -2.11. The first-order valence-electron chi connectivity index (χ1n) is 6.00. The van der Waals surface area contributed by atoms with Crippen LogP contribution in [-0.4, -0.2) is 14.8 Å².